The minimum atomic E-state index is 0.281. The molecule has 0 saturated carbocycles. The maximum Gasteiger partial charge on any atom is 0.262 e. The number of benzene rings is 1. The minimum absolute atomic E-state index is 0.281. The molecule has 19 heavy (non-hydrogen) atoms. The van der Waals surface area contributed by atoms with Crippen molar-refractivity contribution in [2.75, 3.05) is 0 Å². The molecule has 92 valence electrons. The first-order chi connectivity index (χ1) is 9.29. The molecule has 0 amide bonds. The SMILES string of the molecule is Cc1ccccc1-c1noc(-c2cn[nH]c2C#N)n1. The van der Waals surface area contributed by atoms with Crippen molar-refractivity contribution in [2.24, 2.45) is 0 Å². The molecule has 6 nitrogen and oxygen atoms in total. The van der Waals surface area contributed by atoms with Crippen LogP contribution in [0.15, 0.2) is 35.0 Å². The van der Waals surface area contributed by atoms with Crippen molar-refractivity contribution >= 4 is 0 Å². The zero-order valence-electron chi connectivity index (χ0n) is 10.1. The lowest BCUT2D eigenvalue weighted by atomic mass is 10.1. The molecule has 3 aromatic rings. The van der Waals surface area contributed by atoms with Gasteiger partial charge in [-0.05, 0) is 12.5 Å². The van der Waals surface area contributed by atoms with Crippen LogP contribution in [0.25, 0.3) is 22.8 Å². The van der Waals surface area contributed by atoms with Gasteiger partial charge in [-0.1, -0.05) is 29.4 Å². The number of aromatic nitrogens is 4. The first-order valence-corrected chi connectivity index (χ1v) is 5.63. The van der Waals surface area contributed by atoms with Gasteiger partial charge in [-0.3, -0.25) is 5.10 Å². The average molecular weight is 251 g/mol. The van der Waals surface area contributed by atoms with Gasteiger partial charge < -0.3 is 4.52 Å². The summed E-state index contributed by atoms with van der Waals surface area (Å²) in [6, 6.07) is 9.75. The molecule has 1 N–H and O–H groups in total. The maximum atomic E-state index is 8.93. The number of hydrogen-bond acceptors (Lipinski definition) is 5. The van der Waals surface area contributed by atoms with E-state index in [0.29, 0.717) is 17.1 Å². The number of hydrogen-bond donors (Lipinski definition) is 1. The van der Waals surface area contributed by atoms with E-state index >= 15 is 0 Å². The first kappa shape index (κ1) is 11.2. The van der Waals surface area contributed by atoms with Gasteiger partial charge in [0.2, 0.25) is 5.82 Å². The van der Waals surface area contributed by atoms with Gasteiger partial charge in [0.25, 0.3) is 5.89 Å². The van der Waals surface area contributed by atoms with Crippen LogP contribution in [0.3, 0.4) is 0 Å². The highest BCUT2D eigenvalue weighted by Crippen LogP contribution is 2.25. The van der Waals surface area contributed by atoms with Crippen LogP contribution in [0.5, 0.6) is 0 Å². The predicted octanol–water partition coefficient (Wildman–Crippen LogP) is 2.31. The maximum absolute atomic E-state index is 8.93. The molecular weight excluding hydrogens is 242 g/mol. The topological polar surface area (TPSA) is 91.4 Å². The Kier molecular flexibility index (Phi) is 2.58. The second-order valence-electron chi connectivity index (χ2n) is 4.01. The second kappa shape index (κ2) is 4.38. The number of aryl methyl sites for hydroxylation is 1. The van der Waals surface area contributed by atoms with Crippen LogP contribution in [-0.4, -0.2) is 20.3 Å². The Morgan fingerprint density at radius 1 is 1.26 bits per heavy atom. The number of H-pyrrole nitrogens is 1. The summed E-state index contributed by atoms with van der Waals surface area (Å²) in [6.45, 7) is 1.98. The normalized spacial score (nSPS) is 10.3. The molecule has 0 aliphatic heterocycles. The Morgan fingerprint density at radius 3 is 2.89 bits per heavy atom. The molecular formula is C13H9N5O. The van der Waals surface area contributed by atoms with Crippen molar-refractivity contribution in [3.8, 4) is 28.9 Å². The lowest BCUT2D eigenvalue weighted by molar-refractivity contribution is 0.432. The van der Waals surface area contributed by atoms with E-state index in [0.717, 1.165) is 11.1 Å². The molecule has 0 bridgehead atoms. The molecule has 0 atom stereocenters. The molecule has 6 heteroatoms. The minimum Gasteiger partial charge on any atom is -0.333 e. The number of nitrogens with zero attached hydrogens (tertiary/aromatic N) is 4. The number of rotatable bonds is 2. The van der Waals surface area contributed by atoms with Gasteiger partial charge in [-0.2, -0.15) is 15.3 Å². The molecule has 0 aliphatic rings. The Balaban J connectivity index is 2.06. The Labute approximate surface area is 108 Å². The van der Waals surface area contributed by atoms with Gasteiger partial charge in [0.1, 0.15) is 11.8 Å². The molecule has 3 rings (SSSR count). The van der Waals surface area contributed by atoms with E-state index in [1.165, 1.54) is 6.20 Å². The van der Waals surface area contributed by atoms with Crippen LogP contribution in [0, 0.1) is 18.3 Å². The molecule has 0 radical (unpaired) electrons. The third-order valence-electron chi connectivity index (χ3n) is 2.79. The third kappa shape index (κ3) is 1.87. The lowest BCUT2D eigenvalue weighted by Gasteiger charge is -1.97. The molecule has 2 aromatic heterocycles. The zero-order chi connectivity index (χ0) is 13.2. The van der Waals surface area contributed by atoms with E-state index in [-0.39, 0.29) is 5.89 Å². The molecule has 1 aromatic carbocycles. The molecule has 2 heterocycles. The summed E-state index contributed by atoms with van der Waals surface area (Å²) < 4.78 is 5.19. The van der Waals surface area contributed by atoms with E-state index in [9.17, 15) is 0 Å². The summed E-state index contributed by atoms with van der Waals surface area (Å²) in [6.07, 6.45) is 1.49. The van der Waals surface area contributed by atoms with Gasteiger partial charge in [0.15, 0.2) is 0 Å². The monoisotopic (exact) mass is 251 g/mol. The van der Waals surface area contributed by atoms with Crippen molar-refractivity contribution < 1.29 is 4.52 Å². The fraction of sp³-hybridized carbons (Fsp3) is 0.0769. The first-order valence-electron chi connectivity index (χ1n) is 5.63. The van der Waals surface area contributed by atoms with Crippen LogP contribution in [0.2, 0.25) is 0 Å². The summed E-state index contributed by atoms with van der Waals surface area (Å²) in [5.41, 5.74) is 2.77. The highest BCUT2D eigenvalue weighted by molar-refractivity contribution is 5.64. The summed E-state index contributed by atoms with van der Waals surface area (Å²) in [7, 11) is 0. The van der Waals surface area contributed by atoms with E-state index in [1.807, 2.05) is 37.3 Å². The van der Waals surface area contributed by atoms with Crippen molar-refractivity contribution in [2.45, 2.75) is 6.92 Å². The van der Waals surface area contributed by atoms with Gasteiger partial charge in [-0.15, -0.1) is 0 Å². The summed E-state index contributed by atoms with van der Waals surface area (Å²) in [5.74, 6) is 0.779. The Hall–Kier alpha value is -2.94. The van der Waals surface area contributed by atoms with Crippen molar-refractivity contribution in [3.63, 3.8) is 0 Å². The van der Waals surface area contributed by atoms with E-state index in [4.69, 9.17) is 9.78 Å². The van der Waals surface area contributed by atoms with Gasteiger partial charge in [0.05, 0.1) is 11.8 Å². The zero-order valence-corrected chi connectivity index (χ0v) is 10.1. The second-order valence-corrected chi connectivity index (χ2v) is 4.01. The Bertz CT molecular complexity index is 749. The molecule has 0 fully saturated rings. The van der Waals surface area contributed by atoms with Gasteiger partial charge in [-0.25, -0.2) is 0 Å². The summed E-state index contributed by atoms with van der Waals surface area (Å²) in [4.78, 5) is 4.30. The smallest absolute Gasteiger partial charge is 0.262 e. The molecule has 0 unspecified atom stereocenters. The summed E-state index contributed by atoms with van der Waals surface area (Å²) >= 11 is 0. The van der Waals surface area contributed by atoms with Crippen LogP contribution >= 0.6 is 0 Å². The van der Waals surface area contributed by atoms with Crippen LogP contribution in [-0.2, 0) is 0 Å². The lowest BCUT2D eigenvalue weighted by Crippen LogP contribution is -1.85. The van der Waals surface area contributed by atoms with E-state index < -0.39 is 0 Å². The van der Waals surface area contributed by atoms with Crippen molar-refractivity contribution in [1.29, 1.82) is 5.26 Å². The van der Waals surface area contributed by atoms with Gasteiger partial charge in [0, 0.05) is 5.56 Å². The molecule has 0 aliphatic carbocycles. The standard InChI is InChI=1S/C13H9N5O/c1-8-4-2-3-5-9(8)12-16-13(19-18-12)10-7-15-17-11(10)6-14/h2-5,7H,1H3,(H,15,17). The quantitative estimate of drug-likeness (QED) is 0.754. The third-order valence-corrected chi connectivity index (χ3v) is 2.79. The fourth-order valence-electron chi connectivity index (χ4n) is 1.80. The summed E-state index contributed by atoms with van der Waals surface area (Å²) in [5, 5.41) is 19.2. The van der Waals surface area contributed by atoms with Gasteiger partial charge >= 0.3 is 0 Å². The molecule has 0 spiro atoms. The van der Waals surface area contributed by atoms with Crippen LogP contribution in [0.4, 0.5) is 0 Å². The number of nitrogens with one attached hydrogen (secondary N) is 1. The highest BCUT2D eigenvalue weighted by atomic mass is 16.5. The molecule has 0 saturated heterocycles. The van der Waals surface area contributed by atoms with Crippen LogP contribution in [0.1, 0.15) is 11.3 Å². The Morgan fingerprint density at radius 2 is 2.11 bits per heavy atom. The number of nitriles is 1. The fourth-order valence-corrected chi connectivity index (χ4v) is 1.80. The highest BCUT2D eigenvalue weighted by Gasteiger charge is 2.16. The van der Waals surface area contributed by atoms with Crippen molar-refractivity contribution in [1.82, 2.24) is 20.3 Å². The van der Waals surface area contributed by atoms with E-state index in [2.05, 4.69) is 20.3 Å². The number of aromatic amines is 1. The van der Waals surface area contributed by atoms with Crippen LogP contribution < -0.4 is 0 Å². The van der Waals surface area contributed by atoms with Crippen molar-refractivity contribution in [3.05, 3.63) is 41.7 Å². The average Bonchev–Trinajstić information content (AvgIpc) is 3.07. The largest absolute Gasteiger partial charge is 0.333 e. The van der Waals surface area contributed by atoms with E-state index in [1.54, 1.807) is 0 Å². The predicted molar refractivity (Wildman–Crippen MR) is 66.8 cm³/mol.